The maximum absolute atomic E-state index is 13.5. The second kappa shape index (κ2) is 6.48. The van der Waals surface area contributed by atoms with E-state index in [0.29, 0.717) is 11.9 Å². The quantitative estimate of drug-likeness (QED) is 0.782. The molecule has 3 aromatic rings. The number of amides is 1. The van der Waals surface area contributed by atoms with Gasteiger partial charge < -0.3 is 10.1 Å². The summed E-state index contributed by atoms with van der Waals surface area (Å²) in [6, 6.07) is 2.91. The monoisotopic (exact) mass is 349 g/mol. The van der Waals surface area contributed by atoms with Gasteiger partial charge in [-0.15, -0.1) is 11.3 Å². The van der Waals surface area contributed by atoms with E-state index in [9.17, 15) is 13.6 Å². The van der Waals surface area contributed by atoms with Gasteiger partial charge in [-0.1, -0.05) is 0 Å². The number of halogens is 2. The Morgan fingerprint density at radius 2 is 2.08 bits per heavy atom. The number of carbonyl (C=O) groups excluding carboxylic acids is 1. The fourth-order valence-corrected chi connectivity index (χ4v) is 3.16. The lowest BCUT2D eigenvalue weighted by Crippen LogP contribution is -2.21. The fraction of sp³-hybridized carbons (Fsp3) is 0.188. The summed E-state index contributed by atoms with van der Waals surface area (Å²) >= 11 is 1.52. The van der Waals surface area contributed by atoms with Crippen LogP contribution >= 0.6 is 11.3 Å². The Kier molecular flexibility index (Phi) is 4.39. The molecular weight excluding hydrogens is 336 g/mol. The van der Waals surface area contributed by atoms with Crippen molar-refractivity contribution in [3.8, 4) is 5.88 Å². The van der Waals surface area contributed by atoms with E-state index in [1.807, 2.05) is 13.8 Å². The van der Waals surface area contributed by atoms with Crippen molar-refractivity contribution in [3.63, 3.8) is 0 Å². The molecule has 1 amide bonds. The molecule has 0 aliphatic carbocycles. The van der Waals surface area contributed by atoms with Crippen LogP contribution in [0.1, 0.15) is 10.4 Å². The molecule has 2 aromatic heterocycles. The number of anilines is 1. The number of aryl methyl sites for hydroxylation is 2. The van der Waals surface area contributed by atoms with Crippen molar-refractivity contribution < 1.29 is 18.3 Å². The number of hydrogen-bond acceptors (Lipinski definition) is 5. The first kappa shape index (κ1) is 16.3. The molecule has 24 heavy (non-hydrogen) atoms. The Bertz CT molecular complexity index is 927. The number of rotatable bonds is 4. The minimum absolute atomic E-state index is 0.111. The molecule has 0 bridgehead atoms. The largest absolute Gasteiger partial charge is 0.467 e. The molecule has 0 saturated heterocycles. The molecular formula is C16H13F2N3O2S. The van der Waals surface area contributed by atoms with Crippen molar-refractivity contribution in [1.82, 2.24) is 9.97 Å². The zero-order valence-electron chi connectivity index (χ0n) is 12.9. The van der Waals surface area contributed by atoms with Crippen molar-refractivity contribution in [2.24, 2.45) is 0 Å². The third-order valence-electron chi connectivity index (χ3n) is 3.48. The van der Waals surface area contributed by atoms with Gasteiger partial charge in [-0.3, -0.25) is 4.79 Å². The molecule has 1 N–H and O–H groups in total. The SMILES string of the molecule is Cc1sc2ncnc(OCC(=O)Nc3ccc(F)cc3F)c2c1C. The van der Waals surface area contributed by atoms with Crippen LogP contribution in [0.15, 0.2) is 24.5 Å². The highest BCUT2D eigenvalue weighted by atomic mass is 32.1. The standard InChI is InChI=1S/C16H13F2N3O2S/c1-8-9(2)24-16-14(8)15(19-7-20-16)23-6-13(22)21-12-4-3-10(17)5-11(12)18/h3-5,7H,6H2,1-2H3,(H,21,22). The summed E-state index contributed by atoms with van der Waals surface area (Å²) in [5, 5.41) is 3.09. The lowest BCUT2D eigenvalue weighted by atomic mass is 10.2. The zero-order chi connectivity index (χ0) is 17.3. The number of nitrogens with one attached hydrogen (secondary N) is 1. The third kappa shape index (κ3) is 3.18. The van der Waals surface area contributed by atoms with Crippen LogP contribution in [0.25, 0.3) is 10.2 Å². The molecule has 0 atom stereocenters. The van der Waals surface area contributed by atoms with Crippen LogP contribution in [0.3, 0.4) is 0 Å². The van der Waals surface area contributed by atoms with Crippen LogP contribution in [-0.2, 0) is 4.79 Å². The molecule has 0 aliphatic heterocycles. The number of thiophene rings is 1. The highest BCUT2D eigenvalue weighted by Crippen LogP contribution is 2.33. The maximum atomic E-state index is 13.5. The average molecular weight is 349 g/mol. The predicted molar refractivity (Wildman–Crippen MR) is 87.4 cm³/mol. The first-order valence-corrected chi connectivity index (χ1v) is 7.85. The van der Waals surface area contributed by atoms with E-state index >= 15 is 0 Å². The number of benzene rings is 1. The first-order chi connectivity index (χ1) is 11.5. The number of ether oxygens (including phenoxy) is 1. The van der Waals surface area contributed by atoms with Gasteiger partial charge in [0, 0.05) is 10.9 Å². The fourth-order valence-electron chi connectivity index (χ4n) is 2.17. The van der Waals surface area contributed by atoms with Crippen molar-refractivity contribution >= 4 is 33.1 Å². The summed E-state index contributed by atoms with van der Waals surface area (Å²) in [5.74, 6) is -1.83. The first-order valence-electron chi connectivity index (χ1n) is 7.04. The van der Waals surface area contributed by atoms with Gasteiger partial charge in [0.2, 0.25) is 5.88 Å². The van der Waals surface area contributed by atoms with Gasteiger partial charge in [-0.05, 0) is 31.5 Å². The van der Waals surface area contributed by atoms with E-state index in [-0.39, 0.29) is 12.3 Å². The summed E-state index contributed by atoms with van der Waals surface area (Å²) in [5.41, 5.74) is 0.885. The van der Waals surface area contributed by atoms with Gasteiger partial charge in [-0.25, -0.2) is 18.7 Å². The number of nitrogens with zero attached hydrogens (tertiary/aromatic N) is 2. The Morgan fingerprint density at radius 3 is 2.83 bits per heavy atom. The lowest BCUT2D eigenvalue weighted by molar-refractivity contribution is -0.118. The summed E-state index contributed by atoms with van der Waals surface area (Å²) in [6.45, 7) is 3.55. The Hall–Kier alpha value is -2.61. The molecule has 0 unspecified atom stereocenters. The molecule has 2 heterocycles. The predicted octanol–water partition coefficient (Wildman–Crippen LogP) is 3.60. The average Bonchev–Trinajstić information content (AvgIpc) is 2.83. The van der Waals surface area contributed by atoms with Gasteiger partial charge >= 0.3 is 0 Å². The second-order valence-electron chi connectivity index (χ2n) is 5.10. The van der Waals surface area contributed by atoms with E-state index in [1.165, 1.54) is 17.7 Å². The van der Waals surface area contributed by atoms with Crippen LogP contribution in [0.4, 0.5) is 14.5 Å². The van der Waals surface area contributed by atoms with E-state index in [4.69, 9.17) is 4.74 Å². The van der Waals surface area contributed by atoms with Gasteiger partial charge in [0.15, 0.2) is 6.61 Å². The smallest absolute Gasteiger partial charge is 0.262 e. The van der Waals surface area contributed by atoms with Crippen LogP contribution in [0.5, 0.6) is 5.88 Å². The molecule has 0 radical (unpaired) electrons. The van der Waals surface area contributed by atoms with Crippen molar-refractivity contribution in [2.75, 3.05) is 11.9 Å². The van der Waals surface area contributed by atoms with Crippen molar-refractivity contribution in [1.29, 1.82) is 0 Å². The summed E-state index contributed by atoms with van der Waals surface area (Å²) in [4.78, 5) is 22.0. The highest BCUT2D eigenvalue weighted by Gasteiger charge is 2.15. The van der Waals surface area contributed by atoms with Gasteiger partial charge in [-0.2, -0.15) is 0 Å². The van der Waals surface area contributed by atoms with Crippen molar-refractivity contribution in [3.05, 3.63) is 46.6 Å². The molecule has 1 aromatic carbocycles. The van der Waals surface area contributed by atoms with E-state index in [1.54, 1.807) is 0 Å². The van der Waals surface area contributed by atoms with Crippen LogP contribution in [0.2, 0.25) is 0 Å². The molecule has 0 spiro atoms. The normalized spacial score (nSPS) is 10.8. The Balaban J connectivity index is 1.73. The van der Waals surface area contributed by atoms with Gasteiger partial charge in [0.05, 0.1) is 11.1 Å². The van der Waals surface area contributed by atoms with Gasteiger partial charge in [0.25, 0.3) is 5.91 Å². The number of fused-ring (bicyclic) bond motifs is 1. The number of carbonyl (C=O) groups is 1. The van der Waals surface area contributed by atoms with Crippen LogP contribution < -0.4 is 10.1 Å². The molecule has 0 saturated carbocycles. The van der Waals surface area contributed by atoms with E-state index in [2.05, 4.69) is 15.3 Å². The highest BCUT2D eigenvalue weighted by molar-refractivity contribution is 7.18. The minimum atomic E-state index is -0.850. The van der Waals surface area contributed by atoms with E-state index in [0.717, 1.165) is 32.8 Å². The molecule has 0 fully saturated rings. The zero-order valence-corrected chi connectivity index (χ0v) is 13.7. The van der Waals surface area contributed by atoms with Gasteiger partial charge in [0.1, 0.15) is 22.8 Å². The number of hydrogen-bond donors (Lipinski definition) is 1. The van der Waals surface area contributed by atoms with Crippen LogP contribution in [-0.4, -0.2) is 22.5 Å². The lowest BCUT2D eigenvalue weighted by Gasteiger charge is -2.08. The maximum Gasteiger partial charge on any atom is 0.262 e. The molecule has 124 valence electrons. The number of aromatic nitrogens is 2. The third-order valence-corrected chi connectivity index (χ3v) is 4.59. The topological polar surface area (TPSA) is 64.1 Å². The van der Waals surface area contributed by atoms with Crippen LogP contribution in [0, 0.1) is 25.5 Å². The summed E-state index contributed by atoms with van der Waals surface area (Å²) < 4.78 is 31.8. The second-order valence-corrected chi connectivity index (χ2v) is 6.31. The molecule has 3 rings (SSSR count). The van der Waals surface area contributed by atoms with Crippen molar-refractivity contribution in [2.45, 2.75) is 13.8 Å². The summed E-state index contributed by atoms with van der Waals surface area (Å²) in [6.07, 6.45) is 1.37. The molecule has 0 aliphatic rings. The minimum Gasteiger partial charge on any atom is -0.467 e. The van der Waals surface area contributed by atoms with E-state index < -0.39 is 17.5 Å². The Morgan fingerprint density at radius 1 is 1.29 bits per heavy atom. The molecule has 5 nitrogen and oxygen atoms in total. The molecule has 8 heteroatoms. The Labute approximate surface area is 140 Å². The summed E-state index contributed by atoms with van der Waals surface area (Å²) in [7, 11) is 0.